The van der Waals surface area contributed by atoms with E-state index in [0.717, 1.165) is 16.7 Å². The molecule has 0 unspecified atom stereocenters. The van der Waals surface area contributed by atoms with Crippen LogP contribution in [0.15, 0.2) is 54.9 Å². The summed E-state index contributed by atoms with van der Waals surface area (Å²) in [6, 6.07) is 13.1. The van der Waals surface area contributed by atoms with E-state index in [1.54, 1.807) is 25.4 Å². The van der Waals surface area contributed by atoms with Crippen LogP contribution in [0.4, 0.5) is 11.5 Å². The van der Waals surface area contributed by atoms with Gasteiger partial charge < -0.3 is 10.6 Å². The van der Waals surface area contributed by atoms with Gasteiger partial charge in [-0.25, -0.2) is 4.98 Å². The third-order valence-corrected chi connectivity index (χ3v) is 3.13. The number of hydrogen-bond donors (Lipinski definition) is 2. The van der Waals surface area contributed by atoms with Crippen LogP contribution in [0.5, 0.6) is 0 Å². The van der Waals surface area contributed by atoms with Crippen molar-refractivity contribution < 1.29 is 4.79 Å². The van der Waals surface area contributed by atoms with Crippen molar-refractivity contribution in [1.29, 1.82) is 0 Å². The van der Waals surface area contributed by atoms with Crippen LogP contribution in [-0.4, -0.2) is 22.9 Å². The van der Waals surface area contributed by atoms with Crippen molar-refractivity contribution in [2.45, 2.75) is 0 Å². The number of rotatable bonds is 3. The summed E-state index contributed by atoms with van der Waals surface area (Å²) in [4.78, 5) is 20.6. The van der Waals surface area contributed by atoms with Crippen LogP contribution in [-0.2, 0) is 0 Å². The molecule has 0 aliphatic rings. The molecule has 0 fully saturated rings. The molecule has 0 spiro atoms. The molecule has 0 radical (unpaired) electrons. The second kappa shape index (κ2) is 5.58. The number of hydrogen-bond acceptors (Lipinski definition) is 4. The van der Waals surface area contributed by atoms with Crippen molar-refractivity contribution in [3.05, 3.63) is 60.4 Å². The molecule has 3 aromatic rings. The van der Waals surface area contributed by atoms with Gasteiger partial charge in [-0.15, -0.1) is 0 Å². The van der Waals surface area contributed by atoms with E-state index in [1.165, 1.54) is 6.20 Å². The zero-order chi connectivity index (χ0) is 14.7. The highest BCUT2D eigenvalue weighted by atomic mass is 16.1. The van der Waals surface area contributed by atoms with Crippen LogP contribution in [0.25, 0.3) is 10.9 Å². The number of fused-ring (bicyclic) bond motifs is 1. The Morgan fingerprint density at radius 3 is 2.67 bits per heavy atom. The number of nitrogens with zero attached hydrogens (tertiary/aromatic N) is 2. The summed E-state index contributed by atoms with van der Waals surface area (Å²) in [6.07, 6.45) is 3.19. The van der Waals surface area contributed by atoms with Crippen LogP contribution >= 0.6 is 0 Å². The molecule has 2 N–H and O–H groups in total. The van der Waals surface area contributed by atoms with E-state index in [2.05, 4.69) is 20.6 Å². The van der Waals surface area contributed by atoms with E-state index in [0.29, 0.717) is 11.3 Å². The lowest BCUT2D eigenvalue weighted by atomic mass is 10.2. The first-order valence-corrected chi connectivity index (χ1v) is 6.56. The predicted molar refractivity (Wildman–Crippen MR) is 83.5 cm³/mol. The molecule has 5 nitrogen and oxygen atoms in total. The van der Waals surface area contributed by atoms with Crippen LogP contribution in [0.2, 0.25) is 0 Å². The fourth-order valence-electron chi connectivity index (χ4n) is 2.02. The van der Waals surface area contributed by atoms with Gasteiger partial charge in [-0.05, 0) is 24.3 Å². The minimum Gasteiger partial charge on any atom is -0.373 e. The number of anilines is 2. The van der Waals surface area contributed by atoms with Gasteiger partial charge in [0.05, 0.1) is 23.0 Å². The van der Waals surface area contributed by atoms with Crippen molar-refractivity contribution in [3.8, 4) is 0 Å². The number of para-hydroxylation sites is 1. The Balaban J connectivity index is 1.81. The fourth-order valence-corrected chi connectivity index (χ4v) is 2.02. The quantitative estimate of drug-likeness (QED) is 0.773. The molecule has 1 aromatic carbocycles. The van der Waals surface area contributed by atoms with Crippen LogP contribution in [0, 0.1) is 0 Å². The predicted octanol–water partition coefficient (Wildman–Crippen LogP) is 2.92. The van der Waals surface area contributed by atoms with Crippen molar-refractivity contribution in [2.24, 2.45) is 0 Å². The summed E-state index contributed by atoms with van der Waals surface area (Å²) in [5.74, 6) is 0.515. The van der Waals surface area contributed by atoms with Gasteiger partial charge in [0.25, 0.3) is 5.91 Å². The average molecular weight is 278 g/mol. The smallest absolute Gasteiger partial charge is 0.257 e. The topological polar surface area (TPSA) is 66.9 Å². The van der Waals surface area contributed by atoms with E-state index in [4.69, 9.17) is 0 Å². The number of nitrogens with one attached hydrogen (secondary N) is 2. The largest absolute Gasteiger partial charge is 0.373 e. The number of carbonyl (C=O) groups excluding carboxylic acids is 1. The SMILES string of the molecule is CNc1ccc(C(=O)Nc2cnc3ccccc3c2)cn1. The molecule has 21 heavy (non-hydrogen) atoms. The van der Waals surface area contributed by atoms with Gasteiger partial charge in [-0.3, -0.25) is 9.78 Å². The molecular formula is C16H14N4O. The molecule has 5 heteroatoms. The molecule has 104 valence electrons. The van der Waals surface area contributed by atoms with E-state index < -0.39 is 0 Å². The molecule has 2 heterocycles. The Bertz CT molecular complexity index is 784. The lowest BCUT2D eigenvalue weighted by Crippen LogP contribution is -2.12. The summed E-state index contributed by atoms with van der Waals surface area (Å²) in [6.45, 7) is 0. The van der Waals surface area contributed by atoms with Crippen LogP contribution < -0.4 is 10.6 Å². The van der Waals surface area contributed by atoms with E-state index >= 15 is 0 Å². The maximum absolute atomic E-state index is 12.2. The first kappa shape index (κ1) is 13.1. The molecule has 0 bridgehead atoms. The van der Waals surface area contributed by atoms with Gasteiger partial charge in [-0.2, -0.15) is 0 Å². The lowest BCUT2D eigenvalue weighted by Gasteiger charge is -2.06. The third kappa shape index (κ3) is 2.81. The van der Waals surface area contributed by atoms with Crippen molar-refractivity contribution in [3.63, 3.8) is 0 Å². The molecule has 0 saturated carbocycles. The molecule has 1 amide bonds. The van der Waals surface area contributed by atoms with Gasteiger partial charge in [0.15, 0.2) is 0 Å². The van der Waals surface area contributed by atoms with E-state index in [9.17, 15) is 4.79 Å². The van der Waals surface area contributed by atoms with E-state index in [-0.39, 0.29) is 5.91 Å². The first-order chi connectivity index (χ1) is 10.3. The van der Waals surface area contributed by atoms with Crippen LogP contribution in [0.1, 0.15) is 10.4 Å². The Labute approximate surface area is 122 Å². The number of carbonyl (C=O) groups is 1. The summed E-state index contributed by atoms with van der Waals surface area (Å²) < 4.78 is 0. The highest BCUT2D eigenvalue weighted by Crippen LogP contribution is 2.16. The van der Waals surface area contributed by atoms with Gasteiger partial charge in [0.2, 0.25) is 0 Å². The Morgan fingerprint density at radius 1 is 1.05 bits per heavy atom. The third-order valence-electron chi connectivity index (χ3n) is 3.13. The molecule has 2 aromatic heterocycles. The maximum atomic E-state index is 12.2. The Hall–Kier alpha value is -2.95. The second-order valence-electron chi connectivity index (χ2n) is 4.55. The Morgan fingerprint density at radius 2 is 1.90 bits per heavy atom. The highest BCUT2D eigenvalue weighted by molar-refractivity contribution is 6.04. The fraction of sp³-hybridized carbons (Fsp3) is 0.0625. The van der Waals surface area contributed by atoms with Gasteiger partial charge >= 0.3 is 0 Å². The van der Waals surface area contributed by atoms with Crippen LogP contribution in [0.3, 0.4) is 0 Å². The summed E-state index contributed by atoms with van der Waals surface area (Å²) in [5.41, 5.74) is 2.06. The van der Waals surface area contributed by atoms with Gasteiger partial charge in [0.1, 0.15) is 5.82 Å². The molecule has 0 atom stereocenters. The number of pyridine rings is 2. The van der Waals surface area contributed by atoms with Gasteiger partial charge in [-0.1, -0.05) is 18.2 Å². The molecule has 0 saturated heterocycles. The highest BCUT2D eigenvalue weighted by Gasteiger charge is 2.07. The molecule has 3 rings (SSSR count). The number of benzene rings is 1. The second-order valence-corrected chi connectivity index (χ2v) is 4.55. The molecule has 0 aliphatic heterocycles. The summed E-state index contributed by atoms with van der Waals surface area (Å²) >= 11 is 0. The lowest BCUT2D eigenvalue weighted by molar-refractivity contribution is 0.102. The van der Waals surface area contributed by atoms with Gasteiger partial charge in [0, 0.05) is 18.6 Å². The standard InChI is InChI=1S/C16H14N4O/c1-17-15-7-6-12(9-19-15)16(21)20-13-8-11-4-2-3-5-14(11)18-10-13/h2-10H,1H3,(H,17,19)(H,20,21). The Kier molecular flexibility index (Phi) is 3.47. The van der Waals surface area contributed by atoms with Crippen molar-refractivity contribution in [1.82, 2.24) is 9.97 Å². The normalized spacial score (nSPS) is 10.3. The minimum atomic E-state index is -0.206. The molecular weight excluding hydrogens is 264 g/mol. The number of amides is 1. The molecule has 0 aliphatic carbocycles. The van der Waals surface area contributed by atoms with Crippen molar-refractivity contribution >= 4 is 28.3 Å². The maximum Gasteiger partial charge on any atom is 0.257 e. The zero-order valence-corrected chi connectivity index (χ0v) is 11.5. The summed E-state index contributed by atoms with van der Waals surface area (Å²) in [7, 11) is 1.78. The number of aromatic nitrogens is 2. The first-order valence-electron chi connectivity index (χ1n) is 6.56. The van der Waals surface area contributed by atoms with E-state index in [1.807, 2.05) is 30.3 Å². The summed E-state index contributed by atoms with van der Waals surface area (Å²) in [5, 5.41) is 6.72. The minimum absolute atomic E-state index is 0.206. The zero-order valence-electron chi connectivity index (χ0n) is 11.5. The van der Waals surface area contributed by atoms with Crippen molar-refractivity contribution in [2.75, 3.05) is 17.7 Å². The monoisotopic (exact) mass is 278 g/mol. The average Bonchev–Trinajstić information content (AvgIpc) is 2.55.